The first kappa shape index (κ1) is 14.1. The predicted molar refractivity (Wildman–Crippen MR) is 78.7 cm³/mol. The van der Waals surface area contributed by atoms with E-state index >= 15 is 0 Å². The van der Waals surface area contributed by atoms with Crippen LogP contribution in [0.5, 0.6) is 0 Å². The summed E-state index contributed by atoms with van der Waals surface area (Å²) in [5, 5.41) is 10.1. The zero-order chi connectivity index (χ0) is 12.7. The molecule has 0 aliphatic heterocycles. The number of rotatable bonds is 6. The molecule has 0 aliphatic carbocycles. The van der Waals surface area contributed by atoms with Gasteiger partial charge in [0.05, 0.1) is 10.7 Å². The molecule has 0 radical (unpaired) electrons. The van der Waals surface area contributed by atoms with E-state index in [4.69, 9.17) is 12.2 Å². The molecule has 0 amide bonds. The fraction of sp³-hybridized carbons (Fsp3) is 0.500. The number of thiazole rings is 1. The number of nitrogens with one attached hydrogen (secondary N) is 2. The molecule has 0 saturated carbocycles. The zero-order valence-electron chi connectivity index (χ0n) is 10.3. The van der Waals surface area contributed by atoms with Gasteiger partial charge in [-0.2, -0.15) is 0 Å². The van der Waals surface area contributed by atoms with Crippen molar-refractivity contribution in [2.45, 2.75) is 26.2 Å². The van der Waals surface area contributed by atoms with Crippen LogP contribution in [-0.2, 0) is 6.42 Å². The van der Waals surface area contributed by atoms with Crippen molar-refractivity contribution in [1.29, 1.82) is 0 Å². The van der Waals surface area contributed by atoms with Crippen LogP contribution >= 0.6 is 23.6 Å². The van der Waals surface area contributed by atoms with Gasteiger partial charge in [-0.3, -0.25) is 0 Å². The summed E-state index contributed by atoms with van der Waals surface area (Å²) in [4.78, 5) is 4.57. The van der Waals surface area contributed by atoms with Gasteiger partial charge in [-0.25, -0.2) is 4.98 Å². The Morgan fingerprint density at radius 3 is 2.94 bits per heavy atom. The quantitative estimate of drug-likeness (QED) is 0.614. The minimum Gasteiger partial charge on any atom is -0.362 e. The summed E-state index contributed by atoms with van der Waals surface area (Å²) < 4.78 is 0. The standard InChI is InChI=1S/C12H19N3S2/c1-4-6-13-12(16)14-7-5-11-15-10(8-17-11)9(2)3/h4,8-9H,1,5-7H2,2-3H3,(H2,13,14,16). The third-order valence-corrected chi connectivity index (χ3v) is 3.41. The summed E-state index contributed by atoms with van der Waals surface area (Å²) in [6.45, 7) is 9.45. The summed E-state index contributed by atoms with van der Waals surface area (Å²) in [6, 6.07) is 0. The van der Waals surface area contributed by atoms with E-state index in [1.165, 1.54) is 5.69 Å². The van der Waals surface area contributed by atoms with Crippen LogP contribution in [0.25, 0.3) is 0 Å². The molecule has 0 fully saturated rings. The second-order valence-electron chi connectivity index (χ2n) is 4.00. The number of nitrogens with zero attached hydrogens (tertiary/aromatic N) is 1. The van der Waals surface area contributed by atoms with Crippen molar-refractivity contribution in [2.24, 2.45) is 0 Å². The largest absolute Gasteiger partial charge is 0.362 e. The second-order valence-corrected chi connectivity index (χ2v) is 5.35. The molecule has 94 valence electrons. The molecule has 3 nitrogen and oxygen atoms in total. The molecule has 0 saturated heterocycles. The second kappa shape index (κ2) is 7.40. The molecule has 0 aromatic carbocycles. The fourth-order valence-electron chi connectivity index (χ4n) is 1.22. The zero-order valence-corrected chi connectivity index (χ0v) is 12.0. The number of aromatic nitrogens is 1. The Balaban J connectivity index is 2.25. The van der Waals surface area contributed by atoms with E-state index in [-0.39, 0.29) is 0 Å². The summed E-state index contributed by atoms with van der Waals surface area (Å²) in [7, 11) is 0. The van der Waals surface area contributed by atoms with Crippen molar-refractivity contribution >= 4 is 28.7 Å². The molecule has 1 aromatic rings. The average Bonchev–Trinajstić information content (AvgIpc) is 2.75. The summed E-state index contributed by atoms with van der Waals surface area (Å²) in [6.07, 6.45) is 2.69. The molecule has 17 heavy (non-hydrogen) atoms. The van der Waals surface area contributed by atoms with Gasteiger partial charge in [0.15, 0.2) is 5.11 Å². The highest BCUT2D eigenvalue weighted by Crippen LogP contribution is 2.17. The van der Waals surface area contributed by atoms with E-state index in [0.717, 1.165) is 18.0 Å². The lowest BCUT2D eigenvalue weighted by Gasteiger charge is -2.07. The Hall–Kier alpha value is -0.940. The highest BCUT2D eigenvalue weighted by Gasteiger charge is 2.05. The average molecular weight is 269 g/mol. The maximum absolute atomic E-state index is 5.09. The van der Waals surface area contributed by atoms with Gasteiger partial charge in [0.25, 0.3) is 0 Å². The van der Waals surface area contributed by atoms with Gasteiger partial charge >= 0.3 is 0 Å². The molecule has 0 unspecified atom stereocenters. The molecule has 0 aliphatic rings. The van der Waals surface area contributed by atoms with Crippen molar-refractivity contribution in [3.8, 4) is 0 Å². The minimum absolute atomic E-state index is 0.503. The smallest absolute Gasteiger partial charge is 0.166 e. The molecule has 0 atom stereocenters. The molecule has 5 heteroatoms. The Labute approximate surface area is 112 Å². The van der Waals surface area contributed by atoms with Crippen LogP contribution in [0.15, 0.2) is 18.0 Å². The Bertz CT molecular complexity index is 372. The molecular formula is C12H19N3S2. The van der Waals surface area contributed by atoms with Gasteiger partial charge in [-0.05, 0) is 18.1 Å². The first-order chi connectivity index (χ1) is 8.13. The van der Waals surface area contributed by atoms with Gasteiger partial charge < -0.3 is 10.6 Å². The maximum atomic E-state index is 5.09. The molecule has 0 bridgehead atoms. The third-order valence-electron chi connectivity index (χ3n) is 2.19. The number of hydrogen-bond donors (Lipinski definition) is 2. The maximum Gasteiger partial charge on any atom is 0.166 e. The Kier molecular flexibility index (Phi) is 6.15. The van der Waals surface area contributed by atoms with Crippen LogP contribution in [0.1, 0.15) is 30.5 Å². The monoisotopic (exact) mass is 269 g/mol. The van der Waals surface area contributed by atoms with Crippen LogP contribution in [-0.4, -0.2) is 23.2 Å². The Morgan fingerprint density at radius 2 is 2.35 bits per heavy atom. The van der Waals surface area contributed by atoms with Crippen molar-refractivity contribution in [2.75, 3.05) is 13.1 Å². The first-order valence-corrected chi connectivity index (χ1v) is 6.99. The van der Waals surface area contributed by atoms with Crippen LogP contribution in [0.4, 0.5) is 0 Å². The molecule has 1 heterocycles. The normalized spacial score (nSPS) is 10.3. The van der Waals surface area contributed by atoms with Gasteiger partial charge in [0.2, 0.25) is 0 Å². The van der Waals surface area contributed by atoms with Crippen molar-refractivity contribution < 1.29 is 0 Å². The van der Waals surface area contributed by atoms with E-state index < -0.39 is 0 Å². The van der Waals surface area contributed by atoms with Crippen LogP contribution in [0.2, 0.25) is 0 Å². The SMILES string of the molecule is C=CCNC(=S)NCCc1nc(C(C)C)cs1. The fourth-order valence-corrected chi connectivity index (χ4v) is 2.36. The number of hydrogen-bond acceptors (Lipinski definition) is 3. The topological polar surface area (TPSA) is 37.0 Å². The van der Waals surface area contributed by atoms with Gasteiger partial charge in [0.1, 0.15) is 0 Å². The number of thiocarbonyl (C=S) groups is 1. The molecular weight excluding hydrogens is 250 g/mol. The lowest BCUT2D eigenvalue weighted by Crippen LogP contribution is -2.36. The highest BCUT2D eigenvalue weighted by molar-refractivity contribution is 7.80. The van der Waals surface area contributed by atoms with Crippen LogP contribution in [0.3, 0.4) is 0 Å². The molecule has 1 rings (SSSR count). The minimum atomic E-state index is 0.503. The predicted octanol–water partition coefficient (Wildman–Crippen LogP) is 2.46. The van der Waals surface area contributed by atoms with E-state index in [1.54, 1.807) is 17.4 Å². The van der Waals surface area contributed by atoms with Crippen LogP contribution < -0.4 is 10.6 Å². The third kappa shape index (κ3) is 5.28. The van der Waals surface area contributed by atoms with Crippen LogP contribution in [0, 0.1) is 0 Å². The van der Waals surface area contributed by atoms with Crippen molar-refractivity contribution in [3.63, 3.8) is 0 Å². The van der Waals surface area contributed by atoms with Crippen molar-refractivity contribution in [1.82, 2.24) is 15.6 Å². The highest BCUT2D eigenvalue weighted by atomic mass is 32.1. The lowest BCUT2D eigenvalue weighted by atomic mass is 10.2. The molecule has 0 spiro atoms. The van der Waals surface area contributed by atoms with Gasteiger partial charge in [-0.15, -0.1) is 17.9 Å². The van der Waals surface area contributed by atoms with E-state index in [2.05, 4.69) is 41.4 Å². The summed E-state index contributed by atoms with van der Waals surface area (Å²) in [5.74, 6) is 0.503. The molecule has 2 N–H and O–H groups in total. The lowest BCUT2D eigenvalue weighted by molar-refractivity contribution is 0.800. The van der Waals surface area contributed by atoms with E-state index in [0.29, 0.717) is 17.6 Å². The first-order valence-electron chi connectivity index (χ1n) is 5.70. The molecule has 1 aromatic heterocycles. The van der Waals surface area contributed by atoms with E-state index in [1.807, 2.05) is 0 Å². The summed E-state index contributed by atoms with van der Waals surface area (Å²) >= 11 is 6.81. The summed E-state index contributed by atoms with van der Waals surface area (Å²) in [5.41, 5.74) is 1.18. The Morgan fingerprint density at radius 1 is 1.59 bits per heavy atom. The van der Waals surface area contributed by atoms with E-state index in [9.17, 15) is 0 Å². The van der Waals surface area contributed by atoms with Gasteiger partial charge in [-0.1, -0.05) is 19.9 Å². The van der Waals surface area contributed by atoms with Gasteiger partial charge in [0, 0.05) is 24.9 Å². The van der Waals surface area contributed by atoms with Crippen molar-refractivity contribution in [3.05, 3.63) is 28.7 Å².